The Labute approximate surface area is 199 Å². The van der Waals surface area contributed by atoms with Gasteiger partial charge in [-0.05, 0) is 87.9 Å². The number of carbonyl (C=O) groups is 1. The molecule has 4 aliphatic rings. The van der Waals surface area contributed by atoms with E-state index in [4.69, 9.17) is 5.73 Å². The third-order valence-electron chi connectivity index (χ3n) is 9.83. The fraction of sp³-hybridized carbons (Fsp3) is 0.966. The van der Waals surface area contributed by atoms with Crippen LogP contribution in [0.1, 0.15) is 136 Å². The van der Waals surface area contributed by atoms with Gasteiger partial charge in [-0.2, -0.15) is 0 Å². The van der Waals surface area contributed by atoms with E-state index in [1.165, 1.54) is 77.0 Å². The highest BCUT2D eigenvalue weighted by Crippen LogP contribution is 2.60. The molecule has 3 nitrogen and oxygen atoms in total. The number of rotatable bonds is 16. The molecule has 3 heteroatoms. The molecule has 32 heavy (non-hydrogen) atoms. The molecule has 4 aliphatic carbocycles. The molecule has 0 aromatic carbocycles. The minimum atomic E-state index is -0.0768. The Morgan fingerprint density at radius 2 is 1.34 bits per heavy atom. The standard InChI is InChI=1S/C29H54N2O/c1-4-7-8-9-10-11-12-13-14-26(29(30,5-2)6-3)15-16-31-27(32)28-20-23-17-24(21-28)19-25(18-23)22-28/h23-26H,4-22,30H2,1-3H3,(H,31,32). The summed E-state index contributed by atoms with van der Waals surface area (Å²) in [7, 11) is 0. The lowest BCUT2D eigenvalue weighted by atomic mass is 9.49. The first kappa shape index (κ1) is 26.0. The van der Waals surface area contributed by atoms with Crippen LogP contribution in [-0.2, 0) is 4.79 Å². The Hall–Kier alpha value is -0.570. The summed E-state index contributed by atoms with van der Waals surface area (Å²) in [5.74, 6) is 3.41. The second-order valence-corrected chi connectivity index (χ2v) is 12.1. The zero-order valence-electron chi connectivity index (χ0n) is 21.7. The maximum absolute atomic E-state index is 13.3. The van der Waals surface area contributed by atoms with Crippen molar-refractivity contribution in [1.82, 2.24) is 5.32 Å². The summed E-state index contributed by atoms with van der Waals surface area (Å²) in [6.07, 6.45) is 22.9. The first-order chi connectivity index (χ1) is 15.4. The topological polar surface area (TPSA) is 55.1 Å². The molecule has 4 fully saturated rings. The first-order valence-electron chi connectivity index (χ1n) is 14.5. The van der Waals surface area contributed by atoms with Crippen molar-refractivity contribution in [3.63, 3.8) is 0 Å². The number of hydrogen-bond donors (Lipinski definition) is 2. The molecule has 186 valence electrons. The molecule has 0 heterocycles. The number of unbranched alkanes of at least 4 members (excludes halogenated alkanes) is 7. The lowest BCUT2D eigenvalue weighted by Crippen LogP contribution is -2.54. The fourth-order valence-corrected chi connectivity index (χ4v) is 8.01. The van der Waals surface area contributed by atoms with Crippen LogP contribution < -0.4 is 11.1 Å². The van der Waals surface area contributed by atoms with Crippen molar-refractivity contribution < 1.29 is 4.79 Å². The Morgan fingerprint density at radius 3 is 1.84 bits per heavy atom. The van der Waals surface area contributed by atoms with Gasteiger partial charge in [-0.25, -0.2) is 0 Å². The fourth-order valence-electron chi connectivity index (χ4n) is 8.01. The molecular weight excluding hydrogens is 392 g/mol. The van der Waals surface area contributed by atoms with Crippen LogP contribution in [0.2, 0.25) is 0 Å². The van der Waals surface area contributed by atoms with Crippen molar-refractivity contribution in [1.29, 1.82) is 0 Å². The minimum absolute atomic E-state index is 0.0165. The van der Waals surface area contributed by atoms with Crippen LogP contribution in [0.15, 0.2) is 0 Å². The van der Waals surface area contributed by atoms with E-state index in [2.05, 4.69) is 26.1 Å². The van der Waals surface area contributed by atoms with E-state index in [9.17, 15) is 4.79 Å². The molecule has 1 amide bonds. The summed E-state index contributed by atoms with van der Waals surface area (Å²) >= 11 is 0. The van der Waals surface area contributed by atoms with Crippen LogP contribution in [0.5, 0.6) is 0 Å². The first-order valence-corrected chi connectivity index (χ1v) is 14.5. The molecule has 0 saturated heterocycles. The van der Waals surface area contributed by atoms with Gasteiger partial charge in [0.2, 0.25) is 5.91 Å². The number of carbonyl (C=O) groups excluding carboxylic acids is 1. The molecular formula is C29H54N2O. The van der Waals surface area contributed by atoms with Gasteiger partial charge in [0.15, 0.2) is 0 Å². The molecule has 0 spiro atoms. The van der Waals surface area contributed by atoms with Gasteiger partial charge in [0, 0.05) is 17.5 Å². The molecule has 3 N–H and O–H groups in total. The third kappa shape index (κ3) is 6.51. The number of nitrogens with two attached hydrogens (primary N) is 1. The van der Waals surface area contributed by atoms with E-state index in [-0.39, 0.29) is 11.0 Å². The van der Waals surface area contributed by atoms with Gasteiger partial charge in [-0.15, -0.1) is 0 Å². The van der Waals surface area contributed by atoms with E-state index < -0.39 is 0 Å². The lowest BCUT2D eigenvalue weighted by Gasteiger charge is -2.55. The summed E-state index contributed by atoms with van der Waals surface area (Å²) in [4.78, 5) is 13.3. The zero-order valence-corrected chi connectivity index (χ0v) is 21.7. The van der Waals surface area contributed by atoms with E-state index >= 15 is 0 Å². The van der Waals surface area contributed by atoms with Gasteiger partial charge >= 0.3 is 0 Å². The van der Waals surface area contributed by atoms with Crippen molar-refractivity contribution >= 4 is 5.91 Å². The Bertz CT molecular complexity index is 532. The normalized spacial score (nSPS) is 29.9. The van der Waals surface area contributed by atoms with Crippen LogP contribution in [0.25, 0.3) is 0 Å². The third-order valence-corrected chi connectivity index (χ3v) is 9.83. The number of hydrogen-bond acceptors (Lipinski definition) is 2. The highest BCUT2D eigenvalue weighted by atomic mass is 16.2. The van der Waals surface area contributed by atoms with Crippen molar-refractivity contribution in [3.05, 3.63) is 0 Å². The molecule has 4 saturated carbocycles. The van der Waals surface area contributed by atoms with Gasteiger partial charge in [-0.3, -0.25) is 4.79 Å². The predicted molar refractivity (Wildman–Crippen MR) is 136 cm³/mol. The van der Waals surface area contributed by atoms with E-state index in [1.807, 2.05) is 0 Å². The molecule has 4 bridgehead atoms. The maximum atomic E-state index is 13.3. The average Bonchev–Trinajstić information content (AvgIpc) is 2.78. The molecule has 0 radical (unpaired) electrons. The van der Waals surface area contributed by atoms with Crippen molar-refractivity contribution in [2.75, 3.05) is 6.54 Å². The lowest BCUT2D eigenvalue weighted by molar-refractivity contribution is -0.146. The molecule has 0 aliphatic heterocycles. The van der Waals surface area contributed by atoms with Crippen molar-refractivity contribution in [2.24, 2.45) is 34.8 Å². The smallest absolute Gasteiger partial charge is 0.226 e. The van der Waals surface area contributed by atoms with Crippen LogP contribution in [-0.4, -0.2) is 18.0 Å². The summed E-state index contributed by atoms with van der Waals surface area (Å²) in [5, 5.41) is 3.43. The van der Waals surface area contributed by atoms with E-state index in [0.717, 1.165) is 62.8 Å². The maximum Gasteiger partial charge on any atom is 0.226 e. The summed E-state index contributed by atoms with van der Waals surface area (Å²) in [6.45, 7) is 7.60. The van der Waals surface area contributed by atoms with Crippen molar-refractivity contribution in [2.45, 2.75) is 142 Å². The van der Waals surface area contributed by atoms with Crippen LogP contribution >= 0.6 is 0 Å². The molecule has 1 atom stereocenters. The predicted octanol–water partition coefficient (Wildman–Crippen LogP) is 7.37. The second-order valence-electron chi connectivity index (χ2n) is 12.1. The second kappa shape index (κ2) is 12.2. The minimum Gasteiger partial charge on any atom is -0.356 e. The molecule has 0 aromatic rings. The van der Waals surface area contributed by atoms with E-state index in [1.54, 1.807) is 0 Å². The monoisotopic (exact) mass is 446 g/mol. The van der Waals surface area contributed by atoms with Gasteiger partial charge < -0.3 is 11.1 Å². The SMILES string of the molecule is CCCCCCCCCCC(CCNC(=O)C12CC3CC(CC(C3)C1)C2)C(N)(CC)CC. The molecule has 4 rings (SSSR count). The highest BCUT2D eigenvalue weighted by Gasteiger charge is 2.54. The van der Waals surface area contributed by atoms with Crippen LogP contribution in [0, 0.1) is 29.1 Å². The Kier molecular flexibility index (Phi) is 9.95. The summed E-state index contributed by atoms with van der Waals surface area (Å²) in [6, 6.07) is 0. The largest absolute Gasteiger partial charge is 0.356 e. The average molecular weight is 447 g/mol. The van der Waals surface area contributed by atoms with Gasteiger partial charge in [-0.1, -0.05) is 72.1 Å². The Morgan fingerprint density at radius 1 is 0.844 bits per heavy atom. The van der Waals surface area contributed by atoms with Crippen molar-refractivity contribution in [3.8, 4) is 0 Å². The summed E-state index contributed by atoms with van der Waals surface area (Å²) < 4.78 is 0. The quantitative estimate of drug-likeness (QED) is 0.243. The highest BCUT2D eigenvalue weighted by molar-refractivity contribution is 5.83. The Balaban J connectivity index is 1.43. The van der Waals surface area contributed by atoms with E-state index in [0.29, 0.717) is 11.8 Å². The van der Waals surface area contributed by atoms with Crippen LogP contribution in [0.3, 0.4) is 0 Å². The summed E-state index contributed by atoms with van der Waals surface area (Å²) in [5.41, 5.74) is 6.79. The zero-order chi connectivity index (χ0) is 23.0. The van der Waals surface area contributed by atoms with Gasteiger partial charge in [0.05, 0.1) is 0 Å². The van der Waals surface area contributed by atoms with Gasteiger partial charge in [0.1, 0.15) is 0 Å². The van der Waals surface area contributed by atoms with Crippen LogP contribution in [0.4, 0.5) is 0 Å². The van der Waals surface area contributed by atoms with Gasteiger partial charge in [0.25, 0.3) is 0 Å². The number of amides is 1. The molecule has 0 aromatic heterocycles. The molecule has 1 unspecified atom stereocenters. The number of nitrogens with one attached hydrogen (secondary N) is 1.